The van der Waals surface area contributed by atoms with Crippen LogP contribution < -0.4 is 9.47 Å². The summed E-state index contributed by atoms with van der Waals surface area (Å²) in [4.78, 5) is 0. The Morgan fingerprint density at radius 2 is 1.52 bits per heavy atom. The second-order valence-corrected chi connectivity index (χ2v) is 5.18. The highest BCUT2D eigenvalue weighted by Gasteiger charge is 2.17. The number of methoxy groups -OCH3 is 3. The van der Waals surface area contributed by atoms with E-state index in [0.717, 1.165) is 29.9 Å². The summed E-state index contributed by atoms with van der Waals surface area (Å²) < 4.78 is 27.3. The highest BCUT2D eigenvalue weighted by atomic mass is 16.7. The zero-order chi connectivity index (χ0) is 17.1. The molecule has 132 valence electrons. The Hall–Kier alpha value is -1.30. The lowest BCUT2D eigenvalue weighted by molar-refractivity contribution is -0.141. The van der Waals surface area contributed by atoms with Gasteiger partial charge in [-0.05, 0) is 44.4 Å². The predicted octanol–water partition coefficient (Wildman–Crippen LogP) is 3.61. The third-order valence-corrected chi connectivity index (χ3v) is 3.70. The number of benzene rings is 1. The first-order valence-corrected chi connectivity index (χ1v) is 8.14. The number of hydrogen-bond donors (Lipinski definition) is 0. The maximum absolute atomic E-state index is 5.62. The van der Waals surface area contributed by atoms with Gasteiger partial charge in [0.05, 0.1) is 20.8 Å². The van der Waals surface area contributed by atoms with Crippen molar-refractivity contribution >= 4 is 0 Å². The molecule has 1 aromatic carbocycles. The molecule has 1 unspecified atom stereocenters. The van der Waals surface area contributed by atoms with Gasteiger partial charge >= 0.3 is 0 Å². The topological polar surface area (TPSA) is 46.2 Å². The van der Waals surface area contributed by atoms with Gasteiger partial charge in [0.1, 0.15) is 0 Å². The first kappa shape index (κ1) is 19.7. The van der Waals surface area contributed by atoms with Crippen molar-refractivity contribution in [1.29, 1.82) is 0 Å². The third-order valence-electron chi connectivity index (χ3n) is 3.70. The SMILES string of the molecule is CCOC(CCC(COC)c1ccc(OC)c(OC)c1)OCC. The summed E-state index contributed by atoms with van der Waals surface area (Å²) in [5.41, 5.74) is 1.16. The number of hydrogen-bond acceptors (Lipinski definition) is 5. The molecule has 5 nitrogen and oxygen atoms in total. The van der Waals surface area contributed by atoms with Crippen LogP contribution in [0.3, 0.4) is 0 Å². The molecule has 0 spiro atoms. The Bertz CT molecular complexity index is 429. The van der Waals surface area contributed by atoms with E-state index in [4.69, 9.17) is 23.7 Å². The van der Waals surface area contributed by atoms with E-state index in [1.807, 2.05) is 26.0 Å². The molecule has 23 heavy (non-hydrogen) atoms. The Balaban J connectivity index is 2.80. The minimum absolute atomic E-state index is 0.162. The zero-order valence-electron chi connectivity index (χ0n) is 15.0. The molecule has 0 saturated heterocycles. The van der Waals surface area contributed by atoms with Crippen LogP contribution in [0.1, 0.15) is 38.2 Å². The minimum atomic E-state index is -0.162. The van der Waals surface area contributed by atoms with Gasteiger partial charge in [-0.25, -0.2) is 0 Å². The molecule has 0 amide bonds. The van der Waals surface area contributed by atoms with Crippen LogP contribution in [0, 0.1) is 0 Å². The van der Waals surface area contributed by atoms with Gasteiger partial charge in [0, 0.05) is 26.2 Å². The molecule has 0 heterocycles. The number of rotatable bonds is 12. The van der Waals surface area contributed by atoms with Crippen molar-refractivity contribution in [3.8, 4) is 11.5 Å². The summed E-state index contributed by atoms with van der Waals surface area (Å²) >= 11 is 0. The molecule has 0 aromatic heterocycles. The van der Waals surface area contributed by atoms with Gasteiger partial charge in [-0.2, -0.15) is 0 Å². The van der Waals surface area contributed by atoms with E-state index < -0.39 is 0 Å². The molecule has 5 heteroatoms. The van der Waals surface area contributed by atoms with E-state index in [-0.39, 0.29) is 12.2 Å². The average molecular weight is 326 g/mol. The second-order valence-electron chi connectivity index (χ2n) is 5.18. The maximum atomic E-state index is 5.62. The van der Waals surface area contributed by atoms with Crippen molar-refractivity contribution in [1.82, 2.24) is 0 Å². The quantitative estimate of drug-likeness (QED) is 0.549. The highest BCUT2D eigenvalue weighted by molar-refractivity contribution is 5.43. The molecule has 1 rings (SSSR count). The smallest absolute Gasteiger partial charge is 0.160 e. The molecule has 1 atom stereocenters. The van der Waals surface area contributed by atoms with Gasteiger partial charge in [-0.3, -0.25) is 0 Å². The molecule has 1 aromatic rings. The second kappa shape index (κ2) is 11.3. The van der Waals surface area contributed by atoms with Gasteiger partial charge in [0.15, 0.2) is 17.8 Å². The standard InChI is InChI=1S/C18H30O5/c1-6-22-18(23-7-2)11-9-15(13-19-3)14-8-10-16(20-4)17(12-14)21-5/h8,10,12,15,18H,6-7,9,11,13H2,1-5H3. The van der Waals surface area contributed by atoms with Crippen molar-refractivity contribution in [2.24, 2.45) is 0 Å². The largest absolute Gasteiger partial charge is 0.493 e. The van der Waals surface area contributed by atoms with Crippen LogP contribution >= 0.6 is 0 Å². The van der Waals surface area contributed by atoms with Crippen LogP contribution in [0.15, 0.2) is 18.2 Å². The lowest BCUT2D eigenvalue weighted by Crippen LogP contribution is -2.19. The Labute approximate surface area is 139 Å². The molecule has 0 N–H and O–H groups in total. The summed E-state index contributed by atoms with van der Waals surface area (Å²) in [6.45, 7) is 5.90. The summed E-state index contributed by atoms with van der Waals surface area (Å²) in [7, 11) is 5.00. The molecule has 0 aliphatic rings. The summed E-state index contributed by atoms with van der Waals surface area (Å²) in [5.74, 6) is 1.72. The lowest BCUT2D eigenvalue weighted by Gasteiger charge is -2.22. The predicted molar refractivity (Wildman–Crippen MR) is 90.4 cm³/mol. The van der Waals surface area contributed by atoms with Gasteiger partial charge in [-0.15, -0.1) is 0 Å². The molecule has 0 aliphatic heterocycles. The fourth-order valence-corrected chi connectivity index (χ4v) is 2.58. The van der Waals surface area contributed by atoms with Crippen LogP contribution in [0.5, 0.6) is 11.5 Å². The van der Waals surface area contributed by atoms with Gasteiger partial charge < -0.3 is 23.7 Å². The van der Waals surface area contributed by atoms with E-state index in [1.165, 1.54) is 0 Å². The van der Waals surface area contributed by atoms with Crippen molar-refractivity contribution in [2.45, 2.75) is 38.9 Å². The van der Waals surface area contributed by atoms with E-state index >= 15 is 0 Å². The highest BCUT2D eigenvalue weighted by Crippen LogP contribution is 2.32. The monoisotopic (exact) mass is 326 g/mol. The van der Waals surface area contributed by atoms with Gasteiger partial charge in [0.2, 0.25) is 0 Å². The molecular formula is C18H30O5. The van der Waals surface area contributed by atoms with Crippen molar-refractivity contribution in [3.05, 3.63) is 23.8 Å². The van der Waals surface area contributed by atoms with E-state index in [9.17, 15) is 0 Å². The van der Waals surface area contributed by atoms with Crippen LogP contribution in [0.2, 0.25) is 0 Å². The Morgan fingerprint density at radius 1 is 0.870 bits per heavy atom. The lowest BCUT2D eigenvalue weighted by atomic mass is 9.94. The Kier molecular flexibility index (Phi) is 9.67. The van der Waals surface area contributed by atoms with Crippen molar-refractivity contribution in [3.63, 3.8) is 0 Å². The summed E-state index contributed by atoms with van der Waals surface area (Å²) in [6.07, 6.45) is 1.57. The normalized spacial score (nSPS) is 12.4. The molecule has 0 radical (unpaired) electrons. The maximum Gasteiger partial charge on any atom is 0.160 e. The first-order valence-electron chi connectivity index (χ1n) is 8.14. The van der Waals surface area contributed by atoms with Gasteiger partial charge in [-0.1, -0.05) is 6.07 Å². The number of ether oxygens (including phenoxy) is 5. The summed E-state index contributed by atoms with van der Waals surface area (Å²) in [5, 5.41) is 0. The fourth-order valence-electron chi connectivity index (χ4n) is 2.58. The minimum Gasteiger partial charge on any atom is -0.493 e. The molecule has 0 aliphatic carbocycles. The van der Waals surface area contributed by atoms with Crippen molar-refractivity contribution in [2.75, 3.05) is 41.2 Å². The van der Waals surface area contributed by atoms with E-state index in [0.29, 0.717) is 19.8 Å². The van der Waals surface area contributed by atoms with Crippen LogP contribution in [0.4, 0.5) is 0 Å². The van der Waals surface area contributed by atoms with Crippen molar-refractivity contribution < 1.29 is 23.7 Å². The molecule has 0 saturated carbocycles. The average Bonchev–Trinajstić information content (AvgIpc) is 2.58. The van der Waals surface area contributed by atoms with Crippen LogP contribution in [-0.4, -0.2) is 47.4 Å². The zero-order valence-corrected chi connectivity index (χ0v) is 15.0. The van der Waals surface area contributed by atoms with Crippen LogP contribution in [-0.2, 0) is 14.2 Å². The molecular weight excluding hydrogens is 296 g/mol. The molecule has 0 fully saturated rings. The first-order chi connectivity index (χ1) is 11.2. The van der Waals surface area contributed by atoms with E-state index in [2.05, 4.69) is 6.07 Å². The third kappa shape index (κ3) is 6.37. The summed E-state index contributed by atoms with van der Waals surface area (Å²) in [6, 6.07) is 6.00. The molecule has 0 bridgehead atoms. The van der Waals surface area contributed by atoms with Gasteiger partial charge in [0.25, 0.3) is 0 Å². The van der Waals surface area contributed by atoms with E-state index in [1.54, 1.807) is 21.3 Å². The van der Waals surface area contributed by atoms with Crippen LogP contribution in [0.25, 0.3) is 0 Å². The Morgan fingerprint density at radius 3 is 2.04 bits per heavy atom. The fraction of sp³-hybridized carbons (Fsp3) is 0.667.